The molecule has 0 saturated heterocycles. The maximum atomic E-state index is 5.73. The summed E-state index contributed by atoms with van der Waals surface area (Å²) >= 11 is 0. The van der Waals surface area contributed by atoms with Gasteiger partial charge in [-0.15, -0.1) is 5.10 Å². The van der Waals surface area contributed by atoms with Gasteiger partial charge in [0.05, 0.1) is 0 Å². The van der Waals surface area contributed by atoms with E-state index in [4.69, 9.17) is 4.74 Å². The van der Waals surface area contributed by atoms with Crippen LogP contribution in [0.2, 0.25) is 0 Å². The molecule has 86 valence electrons. The Kier molecular flexibility index (Phi) is 4.62. The Morgan fingerprint density at radius 3 is 2.73 bits per heavy atom. The van der Waals surface area contributed by atoms with Crippen LogP contribution in [0.15, 0.2) is 6.07 Å². The fourth-order valence-electron chi connectivity index (χ4n) is 1.26. The zero-order valence-electron chi connectivity index (χ0n) is 10.0. The molecule has 0 saturated carbocycles. The second-order valence-electron chi connectivity index (χ2n) is 4.10. The van der Waals surface area contributed by atoms with Gasteiger partial charge in [-0.05, 0) is 13.3 Å². The van der Waals surface area contributed by atoms with Gasteiger partial charge in [-0.2, -0.15) is 0 Å². The molecule has 4 nitrogen and oxygen atoms in total. The lowest BCUT2D eigenvalue weighted by Crippen LogP contribution is -2.34. The first kappa shape index (κ1) is 12.0. The fourth-order valence-corrected chi connectivity index (χ4v) is 1.26. The second-order valence-corrected chi connectivity index (χ2v) is 4.10. The van der Waals surface area contributed by atoms with Crippen LogP contribution in [-0.2, 0) is 0 Å². The van der Waals surface area contributed by atoms with Crippen LogP contribution in [0.1, 0.15) is 32.9 Å². The molecule has 1 unspecified atom stereocenters. The normalized spacial score (nSPS) is 13.1. The minimum absolute atomic E-state index is 0.190. The maximum absolute atomic E-state index is 5.73. The minimum atomic E-state index is 0.190. The highest BCUT2D eigenvalue weighted by molar-refractivity contribution is 5.12. The molecule has 4 heteroatoms. The van der Waals surface area contributed by atoms with Gasteiger partial charge in [0.15, 0.2) is 0 Å². The Morgan fingerprint density at radius 2 is 2.27 bits per heavy atom. The molecule has 15 heavy (non-hydrogen) atoms. The van der Waals surface area contributed by atoms with E-state index in [-0.39, 0.29) is 6.10 Å². The van der Waals surface area contributed by atoms with Gasteiger partial charge in [0, 0.05) is 24.3 Å². The molecular formula is C11H21N3O. The van der Waals surface area contributed by atoms with Crippen LogP contribution in [-0.4, -0.2) is 28.9 Å². The van der Waals surface area contributed by atoms with Gasteiger partial charge >= 0.3 is 0 Å². The van der Waals surface area contributed by atoms with E-state index in [1.165, 1.54) is 0 Å². The van der Waals surface area contributed by atoms with E-state index in [2.05, 4.69) is 36.3 Å². The molecule has 1 heterocycles. The molecule has 1 aromatic heterocycles. The van der Waals surface area contributed by atoms with Crippen LogP contribution < -0.4 is 10.1 Å². The lowest BCUT2D eigenvalue weighted by molar-refractivity contribution is 0.182. The highest BCUT2D eigenvalue weighted by Gasteiger charge is 2.10. The topological polar surface area (TPSA) is 49.9 Å². The Labute approximate surface area is 91.4 Å². The molecule has 1 rings (SSSR count). The summed E-state index contributed by atoms with van der Waals surface area (Å²) in [6.45, 7) is 9.20. The third-order valence-corrected chi connectivity index (χ3v) is 2.18. The van der Waals surface area contributed by atoms with Crippen molar-refractivity contribution in [3.63, 3.8) is 0 Å². The molecule has 0 aromatic carbocycles. The third kappa shape index (κ3) is 4.34. The van der Waals surface area contributed by atoms with E-state index in [1.54, 1.807) is 0 Å². The Morgan fingerprint density at radius 1 is 1.53 bits per heavy atom. The van der Waals surface area contributed by atoms with Gasteiger partial charge in [-0.3, -0.25) is 5.10 Å². The number of rotatable bonds is 6. The molecule has 0 bridgehead atoms. The summed E-state index contributed by atoms with van der Waals surface area (Å²) in [6, 6.07) is 2.40. The fraction of sp³-hybridized carbons (Fsp3) is 0.727. The molecule has 2 N–H and O–H groups in total. The van der Waals surface area contributed by atoms with E-state index < -0.39 is 0 Å². The lowest BCUT2D eigenvalue weighted by atomic mass is 10.2. The smallest absolute Gasteiger partial charge is 0.233 e. The van der Waals surface area contributed by atoms with Gasteiger partial charge in [-0.25, -0.2) is 0 Å². The summed E-state index contributed by atoms with van der Waals surface area (Å²) in [4.78, 5) is 0. The SMILES string of the molecule is CCC(CNC(C)C)Oc1cc(C)[nH]n1. The summed E-state index contributed by atoms with van der Waals surface area (Å²) in [7, 11) is 0. The first-order valence-corrected chi connectivity index (χ1v) is 5.53. The number of aryl methyl sites for hydroxylation is 1. The van der Waals surface area contributed by atoms with Gasteiger partial charge in [-0.1, -0.05) is 20.8 Å². The molecule has 0 aliphatic rings. The summed E-state index contributed by atoms with van der Waals surface area (Å²) in [5, 5.41) is 10.3. The zero-order valence-corrected chi connectivity index (χ0v) is 10.0. The van der Waals surface area contributed by atoms with Gasteiger partial charge in [0.1, 0.15) is 6.10 Å². The molecule has 0 aliphatic heterocycles. The van der Waals surface area contributed by atoms with Crippen LogP contribution in [0.5, 0.6) is 5.88 Å². The highest BCUT2D eigenvalue weighted by Crippen LogP contribution is 2.10. The Hall–Kier alpha value is -1.03. The highest BCUT2D eigenvalue weighted by atomic mass is 16.5. The maximum Gasteiger partial charge on any atom is 0.233 e. The third-order valence-electron chi connectivity index (χ3n) is 2.18. The van der Waals surface area contributed by atoms with E-state index in [0.29, 0.717) is 11.9 Å². The Balaban J connectivity index is 2.39. The molecule has 1 aromatic rings. The largest absolute Gasteiger partial charge is 0.472 e. The van der Waals surface area contributed by atoms with E-state index in [1.807, 2.05) is 13.0 Å². The summed E-state index contributed by atoms with van der Waals surface area (Å²) < 4.78 is 5.73. The molecule has 1 atom stereocenters. The van der Waals surface area contributed by atoms with Crippen molar-refractivity contribution in [2.45, 2.75) is 46.3 Å². The number of H-pyrrole nitrogens is 1. The molecule has 0 fully saturated rings. The lowest BCUT2D eigenvalue weighted by Gasteiger charge is -2.17. The van der Waals surface area contributed by atoms with Crippen LogP contribution in [0, 0.1) is 6.92 Å². The second kappa shape index (κ2) is 5.75. The number of aromatic amines is 1. The predicted octanol–water partition coefficient (Wildman–Crippen LogP) is 1.87. The quantitative estimate of drug-likeness (QED) is 0.755. The van der Waals surface area contributed by atoms with Crippen molar-refractivity contribution < 1.29 is 4.74 Å². The summed E-state index contributed by atoms with van der Waals surface area (Å²) in [5.74, 6) is 0.685. The molecule has 0 spiro atoms. The number of aromatic nitrogens is 2. The number of hydrogen-bond donors (Lipinski definition) is 2. The first-order chi connectivity index (χ1) is 7.11. The van der Waals surface area contributed by atoms with E-state index >= 15 is 0 Å². The number of ether oxygens (including phenoxy) is 1. The van der Waals surface area contributed by atoms with Gasteiger partial charge in [0.25, 0.3) is 0 Å². The molecule has 0 aliphatic carbocycles. The predicted molar refractivity (Wildman–Crippen MR) is 61.2 cm³/mol. The molecular weight excluding hydrogens is 190 g/mol. The first-order valence-electron chi connectivity index (χ1n) is 5.53. The van der Waals surface area contributed by atoms with Crippen molar-refractivity contribution >= 4 is 0 Å². The van der Waals surface area contributed by atoms with Gasteiger partial charge in [0.2, 0.25) is 5.88 Å². The van der Waals surface area contributed by atoms with Crippen molar-refractivity contribution in [2.75, 3.05) is 6.54 Å². The molecule has 0 amide bonds. The average molecular weight is 211 g/mol. The Bertz CT molecular complexity index is 283. The summed E-state index contributed by atoms with van der Waals surface area (Å²) in [6.07, 6.45) is 1.17. The van der Waals surface area contributed by atoms with Gasteiger partial charge < -0.3 is 10.1 Å². The van der Waals surface area contributed by atoms with Crippen LogP contribution in [0.25, 0.3) is 0 Å². The monoisotopic (exact) mass is 211 g/mol. The standard InChI is InChI=1S/C11H21N3O/c1-5-10(7-12-8(2)3)15-11-6-9(4)13-14-11/h6,8,10,12H,5,7H2,1-4H3,(H,13,14). The van der Waals surface area contributed by atoms with Crippen LogP contribution in [0.3, 0.4) is 0 Å². The van der Waals surface area contributed by atoms with Crippen molar-refractivity contribution in [3.05, 3.63) is 11.8 Å². The summed E-state index contributed by atoms with van der Waals surface area (Å²) in [5.41, 5.74) is 1.02. The zero-order chi connectivity index (χ0) is 11.3. The van der Waals surface area contributed by atoms with Crippen molar-refractivity contribution in [1.82, 2.24) is 15.5 Å². The van der Waals surface area contributed by atoms with Crippen molar-refractivity contribution in [1.29, 1.82) is 0 Å². The van der Waals surface area contributed by atoms with E-state index in [0.717, 1.165) is 18.7 Å². The number of nitrogens with zero attached hydrogens (tertiary/aromatic N) is 1. The number of nitrogens with one attached hydrogen (secondary N) is 2. The van der Waals surface area contributed by atoms with Crippen LogP contribution >= 0.6 is 0 Å². The van der Waals surface area contributed by atoms with Crippen LogP contribution in [0.4, 0.5) is 0 Å². The van der Waals surface area contributed by atoms with E-state index in [9.17, 15) is 0 Å². The minimum Gasteiger partial charge on any atom is -0.472 e. The van der Waals surface area contributed by atoms with Crippen molar-refractivity contribution in [2.24, 2.45) is 0 Å². The van der Waals surface area contributed by atoms with Crippen molar-refractivity contribution in [3.8, 4) is 5.88 Å². The average Bonchev–Trinajstić information content (AvgIpc) is 2.58. The molecule has 0 radical (unpaired) electrons. The number of hydrogen-bond acceptors (Lipinski definition) is 3.